The minimum absolute atomic E-state index is 0.0376. The first-order valence-electron chi connectivity index (χ1n) is 27.3. The number of phosphoric acid groups is 1. The van der Waals surface area contributed by atoms with Gasteiger partial charge in [-0.1, -0.05) is 217 Å². The van der Waals surface area contributed by atoms with Gasteiger partial charge in [0.2, 0.25) is 0 Å². The number of esters is 2. The lowest BCUT2D eigenvalue weighted by Crippen LogP contribution is -2.29. The van der Waals surface area contributed by atoms with E-state index in [0.29, 0.717) is 12.8 Å². The van der Waals surface area contributed by atoms with Gasteiger partial charge in [-0.25, -0.2) is 4.57 Å². The van der Waals surface area contributed by atoms with Gasteiger partial charge in [-0.2, -0.15) is 0 Å². The van der Waals surface area contributed by atoms with Crippen molar-refractivity contribution in [3.8, 4) is 0 Å². The second-order valence-electron chi connectivity index (χ2n) is 17.3. The largest absolute Gasteiger partial charge is 0.472 e. The number of hydrogen-bond donors (Lipinski definition) is 2. The third-order valence-electron chi connectivity index (χ3n) is 10.7. The maximum absolute atomic E-state index is 12.7. The lowest BCUT2D eigenvalue weighted by Gasteiger charge is -2.19. The fraction of sp³-hybridized carbons (Fsp3) is 0.574. The van der Waals surface area contributed by atoms with Crippen LogP contribution in [0.15, 0.2) is 146 Å². The van der Waals surface area contributed by atoms with Crippen LogP contribution in [0.4, 0.5) is 0 Å². The quantitative estimate of drug-likeness (QED) is 0.0264. The predicted molar refractivity (Wildman–Crippen MR) is 302 cm³/mol. The van der Waals surface area contributed by atoms with Crippen LogP contribution in [0.1, 0.15) is 194 Å². The van der Waals surface area contributed by atoms with Crippen LogP contribution in [0.25, 0.3) is 0 Å². The lowest BCUT2D eigenvalue weighted by atomic mass is 10.0. The van der Waals surface area contributed by atoms with E-state index in [-0.39, 0.29) is 32.6 Å². The number of carbonyl (C=O) groups excluding carboxylic acids is 2. The van der Waals surface area contributed by atoms with Crippen molar-refractivity contribution in [3.63, 3.8) is 0 Å². The van der Waals surface area contributed by atoms with E-state index in [4.69, 9.17) is 24.3 Å². The molecule has 9 nitrogen and oxygen atoms in total. The van der Waals surface area contributed by atoms with E-state index < -0.39 is 32.5 Å². The Balaban J connectivity index is 4.07. The van der Waals surface area contributed by atoms with Gasteiger partial charge in [0.25, 0.3) is 0 Å². The molecular formula is C61H98NO8P. The van der Waals surface area contributed by atoms with E-state index in [2.05, 4.69) is 154 Å². The maximum Gasteiger partial charge on any atom is 0.472 e. The molecule has 0 amide bonds. The van der Waals surface area contributed by atoms with Gasteiger partial charge in [-0.15, -0.1) is 0 Å². The van der Waals surface area contributed by atoms with Crippen molar-refractivity contribution in [2.24, 2.45) is 5.73 Å². The third kappa shape index (κ3) is 55.1. The fourth-order valence-electron chi connectivity index (χ4n) is 6.77. The van der Waals surface area contributed by atoms with E-state index in [1.165, 1.54) is 44.9 Å². The number of allylic oxidation sites excluding steroid dienone is 24. The molecule has 2 unspecified atom stereocenters. The van der Waals surface area contributed by atoms with E-state index >= 15 is 0 Å². The summed E-state index contributed by atoms with van der Waals surface area (Å²) >= 11 is 0. The zero-order chi connectivity index (χ0) is 51.7. The average molecular weight is 1000 g/mol. The van der Waals surface area contributed by atoms with Crippen LogP contribution in [-0.4, -0.2) is 49.3 Å². The number of unbranched alkanes of at least 4 members (excludes halogenated alkanes) is 12. The summed E-state index contributed by atoms with van der Waals surface area (Å²) in [5.74, 6) is -0.912. The molecule has 0 aliphatic rings. The van der Waals surface area contributed by atoms with Gasteiger partial charge in [0.1, 0.15) is 6.61 Å². The molecule has 0 aliphatic carbocycles. The van der Waals surface area contributed by atoms with Gasteiger partial charge in [0.15, 0.2) is 6.10 Å². The predicted octanol–water partition coefficient (Wildman–Crippen LogP) is 17.2. The van der Waals surface area contributed by atoms with Gasteiger partial charge >= 0.3 is 19.8 Å². The Morgan fingerprint density at radius 3 is 1.13 bits per heavy atom. The Morgan fingerprint density at radius 2 is 0.746 bits per heavy atom. The highest BCUT2D eigenvalue weighted by molar-refractivity contribution is 7.47. The van der Waals surface area contributed by atoms with E-state index in [1.807, 2.05) is 6.08 Å². The van der Waals surface area contributed by atoms with Crippen LogP contribution < -0.4 is 5.73 Å². The number of ether oxygens (including phenoxy) is 2. The number of hydrogen-bond acceptors (Lipinski definition) is 8. The molecule has 0 fully saturated rings. The molecule has 0 aromatic rings. The Kier molecular flexibility index (Phi) is 52.0. The molecule has 0 bridgehead atoms. The molecule has 0 aromatic heterocycles. The van der Waals surface area contributed by atoms with Crippen LogP contribution in [0.2, 0.25) is 0 Å². The minimum atomic E-state index is -4.41. The van der Waals surface area contributed by atoms with Crippen LogP contribution in [0.5, 0.6) is 0 Å². The van der Waals surface area contributed by atoms with Crippen molar-refractivity contribution in [2.45, 2.75) is 200 Å². The summed E-state index contributed by atoms with van der Waals surface area (Å²) in [4.78, 5) is 35.1. The van der Waals surface area contributed by atoms with Crippen molar-refractivity contribution >= 4 is 19.8 Å². The number of rotatable bonds is 49. The fourth-order valence-corrected chi connectivity index (χ4v) is 7.53. The van der Waals surface area contributed by atoms with Crippen LogP contribution >= 0.6 is 7.82 Å². The second-order valence-corrected chi connectivity index (χ2v) is 18.8. The first-order chi connectivity index (χ1) is 34.8. The Labute approximate surface area is 433 Å². The molecule has 71 heavy (non-hydrogen) atoms. The van der Waals surface area contributed by atoms with Gasteiger partial charge in [-0.05, 0) is 109 Å². The molecule has 2 atom stereocenters. The summed E-state index contributed by atoms with van der Waals surface area (Å²) in [6.45, 7) is 3.42. The van der Waals surface area contributed by atoms with E-state index in [0.717, 1.165) is 109 Å². The van der Waals surface area contributed by atoms with Crippen LogP contribution in [-0.2, 0) is 32.7 Å². The second kappa shape index (κ2) is 55.2. The summed E-state index contributed by atoms with van der Waals surface area (Å²) in [7, 11) is -4.41. The topological polar surface area (TPSA) is 134 Å². The van der Waals surface area contributed by atoms with Crippen molar-refractivity contribution in [1.82, 2.24) is 0 Å². The van der Waals surface area contributed by atoms with E-state index in [9.17, 15) is 19.0 Å². The molecule has 10 heteroatoms. The zero-order valence-corrected chi connectivity index (χ0v) is 45.3. The normalized spacial score (nSPS) is 14.3. The van der Waals surface area contributed by atoms with Gasteiger partial charge in [0.05, 0.1) is 13.2 Å². The molecule has 0 saturated heterocycles. The number of carbonyl (C=O) groups is 2. The molecular weight excluding hydrogens is 906 g/mol. The molecule has 0 heterocycles. The van der Waals surface area contributed by atoms with Gasteiger partial charge < -0.3 is 20.1 Å². The molecule has 3 N–H and O–H groups in total. The monoisotopic (exact) mass is 1000 g/mol. The Morgan fingerprint density at radius 1 is 0.423 bits per heavy atom. The highest BCUT2D eigenvalue weighted by Gasteiger charge is 2.26. The van der Waals surface area contributed by atoms with Crippen LogP contribution in [0, 0.1) is 0 Å². The highest BCUT2D eigenvalue weighted by atomic mass is 31.2. The molecule has 400 valence electrons. The average Bonchev–Trinajstić information content (AvgIpc) is 3.36. The van der Waals surface area contributed by atoms with Crippen molar-refractivity contribution in [3.05, 3.63) is 146 Å². The molecule has 0 spiro atoms. The van der Waals surface area contributed by atoms with Crippen molar-refractivity contribution in [1.29, 1.82) is 0 Å². The molecule has 0 rings (SSSR count). The maximum atomic E-state index is 12.7. The summed E-state index contributed by atoms with van der Waals surface area (Å²) in [5.41, 5.74) is 5.37. The molecule has 0 radical (unpaired) electrons. The lowest BCUT2D eigenvalue weighted by molar-refractivity contribution is -0.161. The van der Waals surface area contributed by atoms with E-state index in [1.54, 1.807) is 0 Å². The van der Waals surface area contributed by atoms with Crippen LogP contribution in [0.3, 0.4) is 0 Å². The summed E-state index contributed by atoms with van der Waals surface area (Å²) < 4.78 is 32.9. The van der Waals surface area contributed by atoms with Gasteiger partial charge in [-0.3, -0.25) is 18.6 Å². The van der Waals surface area contributed by atoms with Gasteiger partial charge in [0, 0.05) is 19.4 Å². The summed E-state index contributed by atoms with van der Waals surface area (Å²) in [5, 5.41) is 0. The Hall–Kier alpha value is -4.11. The standard InChI is InChI=1S/C61H98NO8P/c1-3-5-7-9-11-13-15-17-19-21-22-23-24-25-26-27-28-29-30-31-32-33-34-35-36-38-40-42-44-46-48-50-52-54-61(64)70-59(58-69-71(65,66)68-56-55-62)57-67-60(63)53-51-49-47-45-43-41-39-37-20-18-16-14-12-10-8-6-4-2/h5-8,11-14,17-20,22-23,25-26,28-29,31-32,39,41,45,47,59H,3-4,9-10,15-16,21,24,27,30,33-38,40,42-44,46,48-58,62H2,1-2H3,(H,65,66)/b7-5-,8-6-,13-11-,14-12-,19-17-,20-18-,23-22-,26-25-,29-28-,32-31-,41-39-,47-45-. The minimum Gasteiger partial charge on any atom is -0.462 e. The Bertz CT molecular complexity index is 1660. The first kappa shape index (κ1) is 66.9. The number of nitrogens with two attached hydrogens (primary N) is 1. The molecule has 0 aromatic carbocycles. The number of phosphoric ester groups is 1. The molecule has 0 aliphatic heterocycles. The van der Waals surface area contributed by atoms with Crippen molar-refractivity contribution < 1.29 is 37.6 Å². The smallest absolute Gasteiger partial charge is 0.462 e. The summed E-state index contributed by atoms with van der Waals surface area (Å²) in [6.07, 6.45) is 79.1. The zero-order valence-electron chi connectivity index (χ0n) is 44.4. The van der Waals surface area contributed by atoms with Crippen molar-refractivity contribution in [2.75, 3.05) is 26.4 Å². The highest BCUT2D eigenvalue weighted by Crippen LogP contribution is 2.43. The molecule has 0 saturated carbocycles. The SMILES string of the molecule is CC/C=C\C/C=C\C/C=C\C/C=C\C/C=C\C/C=C\C/C=C\CCCCCCCCCCCCCC(=O)OC(COC(=O)CCC/C=C\C/C=C\C/C=C\C/C=C\C/C=C\CC)COP(=O)(O)OCCN. The summed E-state index contributed by atoms with van der Waals surface area (Å²) in [6, 6.07) is 0. The first-order valence-corrected chi connectivity index (χ1v) is 28.8. The third-order valence-corrected chi connectivity index (χ3v) is 11.7.